The molecule has 29 heavy (non-hydrogen) atoms. The molecule has 1 aliphatic heterocycles. The Kier molecular flexibility index (Phi) is 9.56. The van der Waals surface area contributed by atoms with Crippen LogP contribution in [0.2, 0.25) is 0 Å². The Balaban J connectivity index is 0.000000438. The molecule has 0 aromatic heterocycles. The molecule has 1 saturated heterocycles. The maximum absolute atomic E-state index is 9.10. The van der Waals surface area contributed by atoms with Crippen molar-refractivity contribution >= 4 is 33.9 Å². The van der Waals surface area contributed by atoms with Crippen LogP contribution in [0.4, 0.5) is 0 Å². The van der Waals surface area contributed by atoms with Crippen LogP contribution in [0.25, 0.3) is 6.08 Å². The average Bonchev–Trinajstić information content (AvgIpc) is 2.72. The smallest absolute Gasteiger partial charge is 0.414 e. The molecule has 2 aromatic rings. The Morgan fingerprint density at radius 1 is 0.862 bits per heavy atom. The molecular formula is C22H25BrN2O4. The lowest BCUT2D eigenvalue weighted by atomic mass is 10.2. The number of piperazine rings is 1. The second kappa shape index (κ2) is 12.2. The van der Waals surface area contributed by atoms with Crippen LogP contribution in [-0.4, -0.2) is 64.7 Å². The SMILES string of the molecule is Brc1ccc(CN2CCN(CC=Cc3ccccc3)CC2)cc1.O=C(O)C(=O)O. The number of hydrogen-bond donors (Lipinski definition) is 2. The van der Waals surface area contributed by atoms with Crippen molar-refractivity contribution in [2.75, 3.05) is 32.7 Å². The minimum absolute atomic E-state index is 1.04. The zero-order chi connectivity index (χ0) is 21.1. The van der Waals surface area contributed by atoms with Crippen LogP contribution in [0.3, 0.4) is 0 Å². The minimum atomic E-state index is -1.82. The maximum Gasteiger partial charge on any atom is 0.414 e. The highest BCUT2D eigenvalue weighted by atomic mass is 79.9. The quantitative estimate of drug-likeness (QED) is 0.665. The fraction of sp³-hybridized carbons (Fsp3) is 0.273. The van der Waals surface area contributed by atoms with Crippen LogP contribution < -0.4 is 0 Å². The molecule has 7 heteroatoms. The number of benzene rings is 2. The first kappa shape index (κ1) is 22.8. The van der Waals surface area contributed by atoms with Crippen molar-refractivity contribution in [2.24, 2.45) is 0 Å². The molecular weight excluding hydrogens is 436 g/mol. The molecule has 0 spiro atoms. The number of aliphatic carboxylic acids is 2. The Labute approximate surface area is 179 Å². The highest BCUT2D eigenvalue weighted by Gasteiger charge is 2.15. The lowest BCUT2D eigenvalue weighted by Gasteiger charge is -2.34. The predicted molar refractivity (Wildman–Crippen MR) is 117 cm³/mol. The van der Waals surface area contributed by atoms with E-state index >= 15 is 0 Å². The fourth-order valence-electron chi connectivity index (χ4n) is 2.88. The second-order valence-corrected chi connectivity index (χ2v) is 7.54. The number of halogens is 1. The highest BCUT2D eigenvalue weighted by Crippen LogP contribution is 2.13. The lowest BCUT2D eigenvalue weighted by molar-refractivity contribution is -0.159. The van der Waals surface area contributed by atoms with E-state index in [1.54, 1.807) is 0 Å². The van der Waals surface area contributed by atoms with E-state index in [1.165, 1.54) is 11.1 Å². The average molecular weight is 461 g/mol. The Bertz CT molecular complexity index is 789. The number of carboxylic acids is 2. The highest BCUT2D eigenvalue weighted by molar-refractivity contribution is 9.10. The second-order valence-electron chi connectivity index (χ2n) is 6.63. The Morgan fingerprint density at radius 2 is 1.41 bits per heavy atom. The van der Waals surface area contributed by atoms with E-state index in [1.807, 2.05) is 0 Å². The van der Waals surface area contributed by atoms with E-state index < -0.39 is 11.9 Å². The van der Waals surface area contributed by atoms with Gasteiger partial charge in [0, 0.05) is 43.7 Å². The van der Waals surface area contributed by atoms with Crippen LogP contribution in [0, 0.1) is 0 Å². The van der Waals surface area contributed by atoms with Gasteiger partial charge >= 0.3 is 11.9 Å². The van der Waals surface area contributed by atoms with Crippen molar-refractivity contribution in [3.63, 3.8) is 0 Å². The van der Waals surface area contributed by atoms with Gasteiger partial charge in [0.1, 0.15) is 0 Å². The van der Waals surface area contributed by atoms with Crippen molar-refractivity contribution < 1.29 is 19.8 Å². The van der Waals surface area contributed by atoms with Crippen LogP contribution >= 0.6 is 15.9 Å². The van der Waals surface area contributed by atoms with E-state index in [0.717, 1.165) is 43.7 Å². The molecule has 2 aromatic carbocycles. The standard InChI is InChI=1S/C20H23BrN2.C2H2O4/c21-20-10-8-19(9-11-20)17-23-15-13-22(14-16-23)12-4-7-18-5-2-1-3-6-18;3-1(4)2(5)6/h1-11H,12-17H2;(H,3,4)(H,5,6). The first-order valence-electron chi connectivity index (χ1n) is 9.31. The van der Waals surface area contributed by atoms with Crippen molar-refractivity contribution in [1.29, 1.82) is 0 Å². The molecule has 0 saturated carbocycles. The van der Waals surface area contributed by atoms with Gasteiger partial charge in [0.15, 0.2) is 0 Å². The van der Waals surface area contributed by atoms with Crippen LogP contribution in [0.5, 0.6) is 0 Å². The van der Waals surface area contributed by atoms with Gasteiger partial charge in [-0.05, 0) is 23.3 Å². The van der Waals surface area contributed by atoms with Crippen molar-refractivity contribution in [1.82, 2.24) is 9.80 Å². The summed E-state index contributed by atoms with van der Waals surface area (Å²) in [5.41, 5.74) is 2.67. The van der Waals surface area contributed by atoms with Crippen molar-refractivity contribution in [3.8, 4) is 0 Å². The third-order valence-corrected chi connectivity index (χ3v) is 4.97. The first-order valence-corrected chi connectivity index (χ1v) is 10.1. The van der Waals surface area contributed by atoms with Crippen molar-refractivity contribution in [2.45, 2.75) is 6.54 Å². The van der Waals surface area contributed by atoms with Gasteiger partial charge in [-0.15, -0.1) is 0 Å². The summed E-state index contributed by atoms with van der Waals surface area (Å²) in [6.07, 6.45) is 4.49. The normalized spacial score (nSPS) is 14.9. The third-order valence-electron chi connectivity index (χ3n) is 4.44. The number of rotatable bonds is 5. The maximum atomic E-state index is 9.10. The summed E-state index contributed by atoms with van der Waals surface area (Å²) >= 11 is 3.49. The van der Waals surface area contributed by atoms with Gasteiger partial charge in [-0.3, -0.25) is 9.80 Å². The zero-order valence-electron chi connectivity index (χ0n) is 16.1. The lowest BCUT2D eigenvalue weighted by Crippen LogP contribution is -2.45. The zero-order valence-corrected chi connectivity index (χ0v) is 17.7. The monoisotopic (exact) mass is 460 g/mol. The summed E-state index contributed by atoms with van der Waals surface area (Å²) in [5, 5.41) is 14.8. The Hall–Kier alpha value is -2.48. The summed E-state index contributed by atoms with van der Waals surface area (Å²) in [5.74, 6) is -3.65. The van der Waals surface area contributed by atoms with Gasteiger partial charge in [0.25, 0.3) is 0 Å². The molecule has 0 bridgehead atoms. The number of carbonyl (C=O) groups is 2. The summed E-state index contributed by atoms with van der Waals surface area (Å²) < 4.78 is 1.15. The van der Waals surface area contributed by atoms with E-state index in [4.69, 9.17) is 19.8 Å². The molecule has 6 nitrogen and oxygen atoms in total. The van der Waals surface area contributed by atoms with E-state index in [-0.39, 0.29) is 0 Å². The number of hydrogen-bond acceptors (Lipinski definition) is 4. The Morgan fingerprint density at radius 3 is 1.97 bits per heavy atom. The molecule has 154 valence electrons. The summed E-state index contributed by atoms with van der Waals surface area (Å²) in [4.78, 5) is 23.3. The fourth-order valence-corrected chi connectivity index (χ4v) is 3.14. The van der Waals surface area contributed by atoms with Gasteiger partial charge < -0.3 is 10.2 Å². The molecule has 0 radical (unpaired) electrons. The molecule has 1 heterocycles. The third kappa shape index (κ3) is 9.04. The number of nitrogens with zero attached hydrogens (tertiary/aromatic N) is 2. The summed E-state index contributed by atoms with van der Waals surface area (Å²) in [7, 11) is 0. The van der Waals surface area contributed by atoms with E-state index in [9.17, 15) is 0 Å². The van der Waals surface area contributed by atoms with E-state index in [0.29, 0.717) is 0 Å². The van der Waals surface area contributed by atoms with Crippen LogP contribution in [0.15, 0.2) is 65.1 Å². The number of carboxylic acid groups (broad SMARTS) is 2. The summed E-state index contributed by atoms with van der Waals surface area (Å²) in [6, 6.07) is 19.2. The topological polar surface area (TPSA) is 81.1 Å². The molecule has 0 aliphatic carbocycles. The first-order chi connectivity index (χ1) is 13.9. The van der Waals surface area contributed by atoms with Gasteiger partial charge in [0.05, 0.1) is 0 Å². The van der Waals surface area contributed by atoms with Crippen LogP contribution in [0.1, 0.15) is 11.1 Å². The molecule has 2 N–H and O–H groups in total. The van der Waals surface area contributed by atoms with Gasteiger partial charge in [-0.2, -0.15) is 0 Å². The van der Waals surface area contributed by atoms with Gasteiger partial charge in [-0.25, -0.2) is 9.59 Å². The molecule has 0 unspecified atom stereocenters. The molecule has 1 fully saturated rings. The molecule has 1 aliphatic rings. The van der Waals surface area contributed by atoms with Gasteiger partial charge in [0.2, 0.25) is 0 Å². The van der Waals surface area contributed by atoms with Crippen molar-refractivity contribution in [3.05, 3.63) is 76.3 Å². The predicted octanol–water partition coefficient (Wildman–Crippen LogP) is 3.44. The molecule has 3 rings (SSSR count). The molecule has 0 atom stereocenters. The van der Waals surface area contributed by atoms with Gasteiger partial charge in [-0.1, -0.05) is 70.5 Å². The molecule has 0 amide bonds. The minimum Gasteiger partial charge on any atom is -0.473 e. The summed E-state index contributed by atoms with van der Waals surface area (Å²) in [6.45, 7) is 6.69. The van der Waals surface area contributed by atoms with E-state index in [2.05, 4.69) is 92.5 Å². The van der Waals surface area contributed by atoms with Crippen LogP contribution in [-0.2, 0) is 16.1 Å². The largest absolute Gasteiger partial charge is 0.473 e.